The quantitative estimate of drug-likeness (QED) is 0.258. The molecule has 4 atom stereocenters. The molecule has 0 radical (unpaired) electrons. The molecule has 2 heterocycles. The van der Waals surface area contributed by atoms with Crippen molar-refractivity contribution in [1.29, 1.82) is 0 Å². The zero-order chi connectivity index (χ0) is 28.2. The van der Waals surface area contributed by atoms with Crippen molar-refractivity contribution in [3.63, 3.8) is 0 Å². The first-order valence-corrected chi connectivity index (χ1v) is 13.3. The van der Waals surface area contributed by atoms with Crippen LogP contribution in [0.2, 0.25) is 0 Å². The van der Waals surface area contributed by atoms with Crippen LogP contribution in [0, 0.1) is 0 Å². The van der Waals surface area contributed by atoms with Gasteiger partial charge in [0, 0.05) is 6.08 Å². The smallest absolute Gasteiger partial charge is 0.330 e. The van der Waals surface area contributed by atoms with Gasteiger partial charge in [0.2, 0.25) is 0 Å². The van der Waals surface area contributed by atoms with Crippen molar-refractivity contribution in [2.24, 2.45) is 0 Å². The van der Waals surface area contributed by atoms with E-state index in [0.717, 1.165) is 5.56 Å². The average molecular weight is 595 g/mol. The maximum Gasteiger partial charge on any atom is 0.330 e. The molecule has 1 aromatic carbocycles. The summed E-state index contributed by atoms with van der Waals surface area (Å²) >= 11 is 17.8. The number of rotatable bonds is 9. The highest BCUT2D eigenvalue weighted by molar-refractivity contribution is 6.76. The molecular weight excluding hydrogens is 561 g/mol. The first-order chi connectivity index (χ1) is 17.7. The zero-order valence-electron chi connectivity index (χ0n) is 22.0. The lowest BCUT2D eigenvalue weighted by Gasteiger charge is -2.51. The molecule has 38 heavy (non-hydrogen) atoms. The number of carbonyl (C=O) groups excluding carboxylic acids is 2. The topological polar surface area (TPSA) is 102 Å². The van der Waals surface area contributed by atoms with Gasteiger partial charge in [-0.25, -0.2) is 4.79 Å². The first-order valence-electron chi connectivity index (χ1n) is 12.2. The molecule has 12 heteroatoms. The second-order valence-electron chi connectivity index (χ2n) is 9.99. The van der Waals surface area contributed by atoms with Crippen LogP contribution >= 0.6 is 34.8 Å². The van der Waals surface area contributed by atoms with Gasteiger partial charge in [0.1, 0.15) is 23.9 Å². The van der Waals surface area contributed by atoms with Crippen LogP contribution < -0.4 is 5.32 Å². The number of amides is 1. The molecule has 212 valence electrons. The minimum Gasteiger partial charge on any atom is -0.463 e. The first kappa shape index (κ1) is 31.1. The van der Waals surface area contributed by atoms with E-state index in [2.05, 4.69) is 5.32 Å². The number of benzene rings is 1. The molecule has 9 nitrogen and oxygen atoms in total. The van der Waals surface area contributed by atoms with Gasteiger partial charge in [-0.3, -0.25) is 4.79 Å². The summed E-state index contributed by atoms with van der Waals surface area (Å²) in [4.78, 5) is 25.0. The third-order valence-corrected chi connectivity index (χ3v) is 6.41. The van der Waals surface area contributed by atoms with Crippen LogP contribution in [-0.4, -0.2) is 70.9 Å². The van der Waals surface area contributed by atoms with Gasteiger partial charge in [-0.15, -0.1) is 0 Å². The summed E-state index contributed by atoms with van der Waals surface area (Å²) in [5.74, 6) is -3.53. The molecule has 2 fully saturated rings. The van der Waals surface area contributed by atoms with E-state index in [1.807, 2.05) is 30.3 Å². The lowest BCUT2D eigenvalue weighted by molar-refractivity contribution is -0.325. The maximum absolute atomic E-state index is 13.0. The molecule has 0 aliphatic carbocycles. The minimum absolute atomic E-state index is 0.0550. The van der Waals surface area contributed by atoms with Crippen molar-refractivity contribution in [2.45, 2.75) is 80.4 Å². The monoisotopic (exact) mass is 593 g/mol. The lowest BCUT2D eigenvalue weighted by atomic mass is 9.85. The van der Waals surface area contributed by atoms with E-state index >= 15 is 0 Å². The Morgan fingerprint density at radius 2 is 1.76 bits per heavy atom. The molecule has 2 aliphatic heterocycles. The summed E-state index contributed by atoms with van der Waals surface area (Å²) in [5.41, 5.74) is -0.447. The van der Waals surface area contributed by atoms with Crippen LogP contribution in [-0.2, 0) is 44.6 Å². The molecule has 0 bridgehead atoms. The summed E-state index contributed by atoms with van der Waals surface area (Å²) in [6.45, 7) is 8.97. The predicted molar refractivity (Wildman–Crippen MR) is 142 cm³/mol. The molecule has 1 N–H and O–H groups in total. The number of nitrogens with one attached hydrogen (secondary N) is 1. The molecule has 0 saturated carbocycles. The fraction of sp³-hybridized carbons (Fsp3) is 0.615. The molecule has 0 unspecified atom stereocenters. The number of alkyl halides is 3. The highest BCUT2D eigenvalue weighted by Gasteiger charge is 2.58. The number of hydrogen-bond acceptors (Lipinski definition) is 8. The summed E-state index contributed by atoms with van der Waals surface area (Å²) in [6.07, 6.45) is 0.303. The third kappa shape index (κ3) is 8.29. The van der Waals surface area contributed by atoms with Gasteiger partial charge in [0.25, 0.3) is 9.70 Å². The fourth-order valence-corrected chi connectivity index (χ4v) is 4.41. The highest BCUT2D eigenvalue weighted by atomic mass is 35.6. The van der Waals surface area contributed by atoms with Crippen LogP contribution in [0.15, 0.2) is 42.5 Å². The molecule has 1 amide bonds. The summed E-state index contributed by atoms with van der Waals surface area (Å²) in [6, 6.07) is 9.50. The second-order valence-corrected chi connectivity index (χ2v) is 12.3. The Kier molecular flexibility index (Phi) is 10.1. The van der Waals surface area contributed by atoms with Crippen LogP contribution in [0.4, 0.5) is 0 Å². The van der Waals surface area contributed by atoms with Crippen molar-refractivity contribution in [2.75, 3.05) is 19.8 Å². The Labute approximate surface area is 237 Å². The van der Waals surface area contributed by atoms with E-state index in [4.69, 9.17) is 63.2 Å². The lowest BCUT2D eigenvalue weighted by Crippen LogP contribution is -2.73. The van der Waals surface area contributed by atoms with Crippen LogP contribution in [0.25, 0.3) is 0 Å². The Hall–Kier alpha value is -1.43. The molecule has 1 aromatic rings. The van der Waals surface area contributed by atoms with E-state index in [9.17, 15) is 9.59 Å². The number of carbonyl (C=O) groups is 2. The molecule has 2 aliphatic rings. The van der Waals surface area contributed by atoms with E-state index in [1.165, 1.54) is 12.2 Å². The molecule has 2 saturated heterocycles. The van der Waals surface area contributed by atoms with Crippen molar-refractivity contribution in [1.82, 2.24) is 5.32 Å². The zero-order valence-corrected chi connectivity index (χ0v) is 24.3. The van der Waals surface area contributed by atoms with Gasteiger partial charge in [0.05, 0.1) is 26.4 Å². The van der Waals surface area contributed by atoms with E-state index in [1.54, 1.807) is 34.6 Å². The second kappa shape index (κ2) is 12.4. The van der Waals surface area contributed by atoms with Gasteiger partial charge < -0.3 is 33.7 Å². The standard InChI is InChI=1S/C26H34Cl3NO8/c1-6-34-19(31)13-12-18-20(37-24(4,5)36-18)21-25(16-35-23(2,3)38-21,30-22(32)26(27,28)29)15-33-14-17-10-8-7-9-11-17/h7-13,18,20-21H,6,14-16H2,1-5H3,(H,30,32)/b13-12+/t18-,20+,21-,25-/m0/s1. The van der Waals surface area contributed by atoms with Crippen LogP contribution in [0.1, 0.15) is 40.2 Å². The van der Waals surface area contributed by atoms with Gasteiger partial charge in [-0.2, -0.15) is 0 Å². The third-order valence-electron chi connectivity index (χ3n) is 5.89. The molecule has 0 aromatic heterocycles. The number of esters is 1. The van der Waals surface area contributed by atoms with Crippen molar-refractivity contribution >= 4 is 46.7 Å². The summed E-state index contributed by atoms with van der Waals surface area (Å²) < 4.78 is 33.5. The minimum atomic E-state index is -2.26. The number of hydrogen-bond donors (Lipinski definition) is 1. The van der Waals surface area contributed by atoms with Gasteiger partial charge in [-0.05, 0) is 46.3 Å². The molecule has 0 spiro atoms. The van der Waals surface area contributed by atoms with E-state index in [-0.39, 0.29) is 26.4 Å². The largest absolute Gasteiger partial charge is 0.463 e. The van der Waals surface area contributed by atoms with Gasteiger partial charge in [0.15, 0.2) is 11.6 Å². The predicted octanol–water partition coefficient (Wildman–Crippen LogP) is 4.22. The van der Waals surface area contributed by atoms with Crippen molar-refractivity contribution < 1.29 is 38.0 Å². The Morgan fingerprint density at radius 3 is 2.39 bits per heavy atom. The average Bonchev–Trinajstić information content (AvgIpc) is 3.13. The fourth-order valence-electron chi connectivity index (χ4n) is 4.27. The number of ether oxygens (including phenoxy) is 6. The van der Waals surface area contributed by atoms with E-state index in [0.29, 0.717) is 0 Å². The van der Waals surface area contributed by atoms with Crippen LogP contribution in [0.3, 0.4) is 0 Å². The Balaban J connectivity index is 1.98. The summed E-state index contributed by atoms with van der Waals surface area (Å²) in [5, 5.41) is 2.80. The number of halogens is 3. The molecular formula is C26H34Cl3NO8. The van der Waals surface area contributed by atoms with Crippen LogP contribution in [0.5, 0.6) is 0 Å². The Morgan fingerprint density at radius 1 is 1.08 bits per heavy atom. The summed E-state index contributed by atoms with van der Waals surface area (Å²) in [7, 11) is 0. The van der Waals surface area contributed by atoms with E-state index < -0.39 is 51.1 Å². The maximum atomic E-state index is 13.0. The van der Waals surface area contributed by atoms with Crippen molar-refractivity contribution in [3.8, 4) is 0 Å². The van der Waals surface area contributed by atoms with Gasteiger partial charge in [-0.1, -0.05) is 65.1 Å². The SMILES string of the molecule is CCOC(=O)/C=C/[C@@H]1OC(C)(C)O[C@H]1[C@@H]1OC(C)(C)OC[C@]1(COCc1ccccc1)NC(=O)C(Cl)(Cl)Cl. The normalized spacial score (nSPS) is 28.8. The highest BCUT2D eigenvalue weighted by Crippen LogP contribution is 2.41. The van der Waals surface area contributed by atoms with Gasteiger partial charge >= 0.3 is 5.97 Å². The molecule has 3 rings (SSSR count). The van der Waals surface area contributed by atoms with Crippen molar-refractivity contribution in [3.05, 3.63) is 48.0 Å². The Bertz CT molecular complexity index is 998.